The van der Waals surface area contributed by atoms with Crippen molar-refractivity contribution in [2.75, 3.05) is 20.2 Å². The summed E-state index contributed by atoms with van der Waals surface area (Å²) in [7, 11) is 1.46. The van der Waals surface area contributed by atoms with Gasteiger partial charge in [0.25, 0.3) is 0 Å². The summed E-state index contributed by atoms with van der Waals surface area (Å²) in [6.07, 6.45) is 3.81. The molecule has 0 bridgehead atoms. The van der Waals surface area contributed by atoms with Crippen molar-refractivity contribution in [3.63, 3.8) is 0 Å². The first-order valence-corrected chi connectivity index (χ1v) is 6.41. The lowest BCUT2D eigenvalue weighted by Crippen LogP contribution is -2.38. The van der Waals surface area contributed by atoms with Crippen molar-refractivity contribution in [1.82, 2.24) is 9.88 Å². The van der Waals surface area contributed by atoms with E-state index in [0.29, 0.717) is 0 Å². The molecule has 0 saturated carbocycles. The molecule has 1 aliphatic rings. The summed E-state index contributed by atoms with van der Waals surface area (Å²) in [5.74, 6) is -0.0646. The molecule has 1 atom stereocenters. The molecule has 18 heavy (non-hydrogen) atoms. The molecule has 2 heterocycles. The second-order valence-corrected chi connectivity index (χ2v) is 4.86. The van der Waals surface area contributed by atoms with E-state index in [4.69, 9.17) is 4.74 Å². The van der Waals surface area contributed by atoms with E-state index in [1.807, 2.05) is 12.3 Å². The Kier molecular flexibility index (Phi) is 4.31. The van der Waals surface area contributed by atoms with Crippen molar-refractivity contribution in [3.8, 4) is 0 Å². The maximum absolute atomic E-state index is 11.6. The lowest BCUT2D eigenvalue weighted by molar-refractivity contribution is -0.147. The SMILES string of the molecule is COC(=O)[C@H]1CCCN(Cc2ncccc2C)C1. The third-order valence-corrected chi connectivity index (χ3v) is 3.53. The van der Waals surface area contributed by atoms with Crippen LogP contribution in [0.25, 0.3) is 0 Å². The van der Waals surface area contributed by atoms with Gasteiger partial charge in [-0.3, -0.25) is 14.7 Å². The molecule has 98 valence electrons. The van der Waals surface area contributed by atoms with Crippen molar-refractivity contribution in [1.29, 1.82) is 0 Å². The zero-order valence-corrected chi connectivity index (χ0v) is 11.1. The predicted molar refractivity (Wildman–Crippen MR) is 69.0 cm³/mol. The number of hydrogen-bond acceptors (Lipinski definition) is 4. The standard InChI is InChI=1S/C14H20N2O2/c1-11-5-3-7-15-13(11)10-16-8-4-6-12(9-16)14(17)18-2/h3,5,7,12H,4,6,8-10H2,1-2H3/t12-/m0/s1. The van der Waals surface area contributed by atoms with Crippen molar-refractivity contribution >= 4 is 5.97 Å². The van der Waals surface area contributed by atoms with Gasteiger partial charge in [0.05, 0.1) is 18.7 Å². The summed E-state index contributed by atoms with van der Waals surface area (Å²) in [6, 6.07) is 4.02. The molecule has 0 radical (unpaired) electrons. The molecular weight excluding hydrogens is 228 g/mol. The first-order chi connectivity index (χ1) is 8.70. The average Bonchev–Trinajstić information content (AvgIpc) is 2.41. The molecule has 1 fully saturated rings. The quantitative estimate of drug-likeness (QED) is 0.765. The number of aryl methyl sites for hydroxylation is 1. The molecule has 1 aromatic heterocycles. The van der Waals surface area contributed by atoms with Crippen LogP contribution in [0, 0.1) is 12.8 Å². The predicted octanol–water partition coefficient (Wildman–Crippen LogP) is 1.78. The van der Waals surface area contributed by atoms with Gasteiger partial charge in [-0.1, -0.05) is 6.07 Å². The summed E-state index contributed by atoms with van der Waals surface area (Å²) in [5, 5.41) is 0. The van der Waals surface area contributed by atoms with Gasteiger partial charge in [0.15, 0.2) is 0 Å². The Hall–Kier alpha value is -1.42. The fourth-order valence-electron chi connectivity index (χ4n) is 2.45. The highest BCUT2D eigenvalue weighted by atomic mass is 16.5. The fourth-order valence-corrected chi connectivity index (χ4v) is 2.45. The van der Waals surface area contributed by atoms with Gasteiger partial charge in [0, 0.05) is 19.3 Å². The van der Waals surface area contributed by atoms with Crippen LogP contribution in [0.1, 0.15) is 24.1 Å². The highest BCUT2D eigenvalue weighted by molar-refractivity contribution is 5.72. The number of rotatable bonds is 3. The van der Waals surface area contributed by atoms with Gasteiger partial charge in [-0.05, 0) is 37.9 Å². The normalized spacial score (nSPS) is 20.7. The summed E-state index contributed by atoms with van der Waals surface area (Å²) in [4.78, 5) is 18.3. The van der Waals surface area contributed by atoms with E-state index in [-0.39, 0.29) is 11.9 Å². The molecular formula is C14H20N2O2. The molecule has 0 aliphatic carbocycles. The third-order valence-electron chi connectivity index (χ3n) is 3.53. The van der Waals surface area contributed by atoms with Gasteiger partial charge in [0.1, 0.15) is 0 Å². The van der Waals surface area contributed by atoms with Gasteiger partial charge >= 0.3 is 5.97 Å². The van der Waals surface area contributed by atoms with Crippen molar-refractivity contribution in [2.24, 2.45) is 5.92 Å². The Bertz CT molecular complexity index is 420. The monoisotopic (exact) mass is 248 g/mol. The lowest BCUT2D eigenvalue weighted by atomic mass is 9.98. The minimum absolute atomic E-state index is 0.0211. The van der Waals surface area contributed by atoms with Gasteiger partial charge in [-0.15, -0.1) is 0 Å². The second-order valence-electron chi connectivity index (χ2n) is 4.86. The molecule has 1 saturated heterocycles. The van der Waals surface area contributed by atoms with Crippen LogP contribution in [0.4, 0.5) is 0 Å². The average molecular weight is 248 g/mol. The minimum Gasteiger partial charge on any atom is -0.469 e. The van der Waals surface area contributed by atoms with E-state index in [9.17, 15) is 4.79 Å². The van der Waals surface area contributed by atoms with Crippen LogP contribution in [0.5, 0.6) is 0 Å². The number of likely N-dealkylation sites (tertiary alicyclic amines) is 1. The molecule has 1 aromatic rings. The van der Waals surface area contributed by atoms with Crippen molar-refractivity contribution in [2.45, 2.75) is 26.3 Å². The first kappa shape index (κ1) is 13.0. The van der Waals surface area contributed by atoms with Gasteiger partial charge in [-0.25, -0.2) is 0 Å². The molecule has 2 rings (SSSR count). The van der Waals surface area contributed by atoms with E-state index < -0.39 is 0 Å². The lowest BCUT2D eigenvalue weighted by Gasteiger charge is -2.31. The number of pyridine rings is 1. The summed E-state index contributed by atoms with van der Waals surface area (Å²) < 4.78 is 4.83. The Morgan fingerprint density at radius 3 is 3.17 bits per heavy atom. The fraction of sp³-hybridized carbons (Fsp3) is 0.571. The summed E-state index contributed by atoms with van der Waals surface area (Å²) in [5.41, 5.74) is 2.31. The number of hydrogen-bond donors (Lipinski definition) is 0. The first-order valence-electron chi connectivity index (χ1n) is 6.41. The van der Waals surface area contributed by atoms with Crippen LogP contribution in [-0.2, 0) is 16.1 Å². The highest BCUT2D eigenvalue weighted by Crippen LogP contribution is 2.19. The maximum atomic E-state index is 11.6. The number of ether oxygens (including phenoxy) is 1. The molecule has 1 aliphatic heterocycles. The number of methoxy groups -OCH3 is 1. The molecule has 0 spiro atoms. The largest absolute Gasteiger partial charge is 0.469 e. The van der Waals surface area contributed by atoms with Crippen molar-refractivity contribution < 1.29 is 9.53 Å². The van der Waals surface area contributed by atoms with E-state index in [1.165, 1.54) is 12.7 Å². The molecule has 0 amide bonds. The van der Waals surface area contributed by atoms with Gasteiger partial charge < -0.3 is 4.74 Å². The van der Waals surface area contributed by atoms with E-state index in [0.717, 1.165) is 38.2 Å². The van der Waals surface area contributed by atoms with Crippen molar-refractivity contribution in [3.05, 3.63) is 29.6 Å². The van der Waals surface area contributed by atoms with E-state index in [1.54, 1.807) is 0 Å². The third kappa shape index (κ3) is 3.07. The Morgan fingerprint density at radius 1 is 1.61 bits per heavy atom. The molecule has 0 unspecified atom stereocenters. The van der Waals surface area contributed by atoms with E-state index in [2.05, 4.69) is 22.9 Å². The number of piperidine rings is 1. The zero-order valence-electron chi connectivity index (χ0n) is 11.1. The number of aromatic nitrogens is 1. The van der Waals surface area contributed by atoms with E-state index >= 15 is 0 Å². The van der Waals surface area contributed by atoms with Crippen LogP contribution in [-0.4, -0.2) is 36.1 Å². The van der Waals surface area contributed by atoms with Crippen LogP contribution in [0.15, 0.2) is 18.3 Å². The Morgan fingerprint density at radius 2 is 2.44 bits per heavy atom. The molecule has 0 N–H and O–H groups in total. The number of carbonyl (C=O) groups is 1. The van der Waals surface area contributed by atoms with Gasteiger partial charge in [0.2, 0.25) is 0 Å². The number of nitrogens with zero attached hydrogens (tertiary/aromatic N) is 2. The van der Waals surface area contributed by atoms with Crippen LogP contribution in [0.3, 0.4) is 0 Å². The molecule has 4 heteroatoms. The Labute approximate surface area is 108 Å². The smallest absolute Gasteiger partial charge is 0.309 e. The number of carbonyl (C=O) groups excluding carboxylic acids is 1. The zero-order chi connectivity index (χ0) is 13.0. The highest BCUT2D eigenvalue weighted by Gasteiger charge is 2.26. The molecule has 0 aromatic carbocycles. The van der Waals surface area contributed by atoms with Crippen LogP contribution >= 0.6 is 0 Å². The number of esters is 1. The van der Waals surface area contributed by atoms with Crippen LogP contribution in [0.2, 0.25) is 0 Å². The topological polar surface area (TPSA) is 42.4 Å². The summed E-state index contributed by atoms with van der Waals surface area (Å²) in [6.45, 7) is 4.70. The summed E-state index contributed by atoms with van der Waals surface area (Å²) >= 11 is 0. The molecule has 4 nitrogen and oxygen atoms in total. The van der Waals surface area contributed by atoms with Gasteiger partial charge in [-0.2, -0.15) is 0 Å². The second kappa shape index (κ2) is 5.96. The minimum atomic E-state index is -0.0857. The Balaban J connectivity index is 1.98. The van der Waals surface area contributed by atoms with Crippen LogP contribution < -0.4 is 0 Å². The maximum Gasteiger partial charge on any atom is 0.309 e.